The molecule has 74 valence electrons. The predicted molar refractivity (Wildman–Crippen MR) is 56.3 cm³/mol. The average Bonchev–Trinajstić information content (AvgIpc) is 2.11. The number of carbonyl (C=O) groups is 1. The van der Waals surface area contributed by atoms with Crippen LogP contribution in [0, 0.1) is 5.82 Å². The highest BCUT2D eigenvalue weighted by Crippen LogP contribution is 2.30. The molecule has 0 saturated heterocycles. The van der Waals surface area contributed by atoms with Gasteiger partial charge in [-0.25, -0.2) is 4.39 Å². The maximum atomic E-state index is 13.0. The molecule has 0 amide bonds. The van der Waals surface area contributed by atoms with Crippen molar-refractivity contribution in [1.82, 2.24) is 0 Å². The highest BCUT2D eigenvalue weighted by molar-refractivity contribution is 6.51. The third-order valence-electron chi connectivity index (χ3n) is 1.48. The third kappa shape index (κ3) is 2.47. The van der Waals surface area contributed by atoms with Gasteiger partial charge in [0.25, 0.3) is 0 Å². The molecule has 0 aliphatic carbocycles. The van der Waals surface area contributed by atoms with E-state index in [-0.39, 0.29) is 20.6 Å². The van der Waals surface area contributed by atoms with E-state index in [1.807, 2.05) is 0 Å². The van der Waals surface area contributed by atoms with Gasteiger partial charge in [-0.2, -0.15) is 0 Å². The van der Waals surface area contributed by atoms with Crippen molar-refractivity contribution >= 4 is 46.1 Å². The maximum Gasteiger partial charge on any atom is 0.144 e. The molecule has 0 atom stereocenters. The van der Waals surface area contributed by atoms with Gasteiger partial charge in [-0.05, 0) is 18.2 Å². The molecular formula is C9H4Cl3FO. The summed E-state index contributed by atoms with van der Waals surface area (Å²) in [6, 6.07) is 2.31. The fourth-order valence-corrected chi connectivity index (χ4v) is 1.60. The fraction of sp³-hybridized carbons (Fsp3) is 0. The molecule has 0 radical (unpaired) electrons. The summed E-state index contributed by atoms with van der Waals surface area (Å²) in [6.07, 6.45) is 1.57. The first-order valence-corrected chi connectivity index (χ1v) is 4.65. The summed E-state index contributed by atoms with van der Waals surface area (Å²) >= 11 is 16.9. The van der Waals surface area contributed by atoms with E-state index >= 15 is 0 Å². The van der Waals surface area contributed by atoms with Crippen LogP contribution in [0.15, 0.2) is 18.2 Å². The summed E-state index contributed by atoms with van der Waals surface area (Å²) in [6.45, 7) is 0. The van der Waals surface area contributed by atoms with Crippen LogP contribution in [0.3, 0.4) is 0 Å². The molecule has 0 aliphatic heterocycles. The number of allylic oxidation sites excluding steroid dienone is 1. The lowest BCUT2D eigenvalue weighted by Gasteiger charge is -2.03. The van der Waals surface area contributed by atoms with Gasteiger partial charge < -0.3 is 0 Å². The molecule has 0 spiro atoms. The Morgan fingerprint density at radius 3 is 2.50 bits per heavy atom. The van der Waals surface area contributed by atoms with Gasteiger partial charge in [0.15, 0.2) is 0 Å². The molecule has 1 rings (SSSR count). The topological polar surface area (TPSA) is 17.1 Å². The first-order valence-electron chi connectivity index (χ1n) is 3.52. The quantitative estimate of drug-likeness (QED) is 0.444. The zero-order valence-electron chi connectivity index (χ0n) is 6.73. The van der Waals surface area contributed by atoms with Crippen molar-refractivity contribution in [3.63, 3.8) is 0 Å². The van der Waals surface area contributed by atoms with E-state index in [4.69, 9.17) is 34.8 Å². The molecule has 14 heavy (non-hydrogen) atoms. The smallest absolute Gasteiger partial charge is 0.144 e. The van der Waals surface area contributed by atoms with Gasteiger partial charge in [-0.1, -0.05) is 34.8 Å². The summed E-state index contributed by atoms with van der Waals surface area (Å²) in [5, 5.41) is 0.175. The minimum atomic E-state index is -0.636. The van der Waals surface area contributed by atoms with Gasteiger partial charge in [0, 0.05) is 5.56 Å². The molecule has 1 aromatic rings. The van der Waals surface area contributed by atoms with Gasteiger partial charge in [0.2, 0.25) is 0 Å². The number of rotatable bonds is 2. The molecule has 0 fully saturated rings. The van der Waals surface area contributed by atoms with Crippen LogP contribution in [0.5, 0.6) is 0 Å². The number of hydrogen-bond donors (Lipinski definition) is 0. The van der Waals surface area contributed by atoms with Gasteiger partial charge in [-0.3, -0.25) is 4.79 Å². The van der Waals surface area contributed by atoms with E-state index in [2.05, 4.69) is 0 Å². The van der Waals surface area contributed by atoms with E-state index in [0.29, 0.717) is 6.29 Å². The Kier molecular flexibility index (Phi) is 3.93. The summed E-state index contributed by atoms with van der Waals surface area (Å²) in [7, 11) is 0. The van der Waals surface area contributed by atoms with Crippen LogP contribution < -0.4 is 0 Å². The van der Waals surface area contributed by atoms with Crippen LogP contribution in [0.25, 0.3) is 5.03 Å². The summed E-state index contributed by atoms with van der Waals surface area (Å²) in [4.78, 5) is 10.1. The van der Waals surface area contributed by atoms with E-state index in [0.717, 1.165) is 12.1 Å². The summed E-state index contributed by atoms with van der Waals surface area (Å²) in [5.74, 6) is -0.636. The van der Waals surface area contributed by atoms with Gasteiger partial charge >= 0.3 is 0 Å². The summed E-state index contributed by atoms with van der Waals surface area (Å²) < 4.78 is 13.0. The lowest BCUT2D eigenvalue weighted by Crippen LogP contribution is -1.85. The minimum absolute atomic E-state index is 0.0700. The van der Waals surface area contributed by atoms with Crippen LogP contribution in [0.4, 0.5) is 4.39 Å². The third-order valence-corrected chi connectivity index (χ3v) is 2.41. The Morgan fingerprint density at radius 1 is 1.29 bits per heavy atom. The Hall–Kier alpha value is -0.570. The minimum Gasteiger partial charge on any atom is -0.299 e. The Labute approximate surface area is 95.1 Å². The van der Waals surface area contributed by atoms with Crippen molar-refractivity contribution in [2.45, 2.75) is 0 Å². The molecule has 1 aromatic carbocycles. The molecule has 0 heterocycles. The Bertz CT molecular complexity index is 401. The van der Waals surface area contributed by atoms with Gasteiger partial charge in [0.1, 0.15) is 12.1 Å². The van der Waals surface area contributed by atoms with E-state index < -0.39 is 5.82 Å². The average molecular weight is 253 g/mol. The van der Waals surface area contributed by atoms with Crippen molar-refractivity contribution in [2.24, 2.45) is 0 Å². The van der Waals surface area contributed by atoms with Crippen molar-refractivity contribution < 1.29 is 9.18 Å². The lowest BCUT2D eigenvalue weighted by atomic mass is 10.2. The first kappa shape index (κ1) is 11.5. The SMILES string of the molecule is O=C/C=C(\Cl)c1cc(F)c(Cl)cc1Cl. The number of halogens is 4. The van der Waals surface area contributed by atoms with Crippen LogP contribution in [-0.4, -0.2) is 6.29 Å². The molecule has 0 aliphatic rings. The standard InChI is InChI=1S/C9H4Cl3FO/c10-6(1-2-14)5-3-9(13)8(12)4-7(5)11/h1-4H/b6-1-. The van der Waals surface area contributed by atoms with Crippen LogP contribution in [-0.2, 0) is 4.79 Å². The molecule has 0 saturated carbocycles. The van der Waals surface area contributed by atoms with Gasteiger partial charge in [0.05, 0.1) is 15.1 Å². The molecule has 0 bridgehead atoms. The maximum absolute atomic E-state index is 13.0. The summed E-state index contributed by atoms with van der Waals surface area (Å²) in [5.41, 5.74) is 0.238. The number of aldehydes is 1. The number of carbonyl (C=O) groups excluding carboxylic acids is 1. The number of benzene rings is 1. The Morgan fingerprint density at radius 2 is 1.93 bits per heavy atom. The molecule has 0 N–H and O–H groups in total. The zero-order valence-corrected chi connectivity index (χ0v) is 9.00. The van der Waals surface area contributed by atoms with Crippen LogP contribution in [0.1, 0.15) is 5.56 Å². The Balaban J connectivity index is 3.29. The molecule has 5 heteroatoms. The monoisotopic (exact) mass is 252 g/mol. The van der Waals surface area contributed by atoms with E-state index in [1.54, 1.807) is 0 Å². The second-order valence-electron chi connectivity index (χ2n) is 2.40. The van der Waals surface area contributed by atoms with Crippen LogP contribution in [0.2, 0.25) is 10.0 Å². The molecular weight excluding hydrogens is 249 g/mol. The van der Waals surface area contributed by atoms with Crippen LogP contribution >= 0.6 is 34.8 Å². The zero-order chi connectivity index (χ0) is 10.7. The predicted octanol–water partition coefficient (Wildman–Crippen LogP) is 3.91. The highest BCUT2D eigenvalue weighted by Gasteiger charge is 2.09. The van der Waals surface area contributed by atoms with Crippen molar-refractivity contribution in [2.75, 3.05) is 0 Å². The van der Waals surface area contributed by atoms with E-state index in [9.17, 15) is 9.18 Å². The highest BCUT2D eigenvalue weighted by atomic mass is 35.5. The fourth-order valence-electron chi connectivity index (χ4n) is 0.855. The largest absolute Gasteiger partial charge is 0.299 e. The first-order chi connectivity index (χ1) is 6.56. The van der Waals surface area contributed by atoms with Crippen molar-refractivity contribution in [3.8, 4) is 0 Å². The van der Waals surface area contributed by atoms with Crippen molar-refractivity contribution in [3.05, 3.63) is 39.6 Å². The van der Waals surface area contributed by atoms with Gasteiger partial charge in [-0.15, -0.1) is 0 Å². The van der Waals surface area contributed by atoms with E-state index in [1.165, 1.54) is 6.07 Å². The van der Waals surface area contributed by atoms with Crippen molar-refractivity contribution in [1.29, 1.82) is 0 Å². The normalized spacial score (nSPS) is 11.6. The second kappa shape index (κ2) is 4.78. The molecule has 1 nitrogen and oxygen atoms in total. The number of hydrogen-bond acceptors (Lipinski definition) is 1. The molecule has 0 aromatic heterocycles. The molecule has 0 unspecified atom stereocenters. The lowest BCUT2D eigenvalue weighted by molar-refractivity contribution is -0.104. The second-order valence-corrected chi connectivity index (χ2v) is 3.62.